The highest BCUT2D eigenvalue weighted by Gasteiger charge is 2.29. The van der Waals surface area contributed by atoms with Gasteiger partial charge in [-0.15, -0.1) is 0 Å². The number of sulfonamides is 1. The van der Waals surface area contributed by atoms with E-state index in [1.54, 1.807) is 20.8 Å². The fraction of sp³-hybridized carbons (Fsp3) is 0.700. The smallest absolute Gasteiger partial charge is 0.263 e. The summed E-state index contributed by atoms with van der Waals surface area (Å²) in [5.41, 5.74) is -0.780. The van der Waals surface area contributed by atoms with Crippen LogP contribution >= 0.6 is 0 Å². The molecule has 0 saturated carbocycles. The van der Waals surface area contributed by atoms with E-state index in [0.29, 0.717) is 0 Å². The van der Waals surface area contributed by atoms with Gasteiger partial charge in [-0.05, 0) is 27.7 Å². The van der Waals surface area contributed by atoms with Gasteiger partial charge in [0.1, 0.15) is 0 Å². The van der Waals surface area contributed by atoms with Crippen LogP contribution in [0.25, 0.3) is 0 Å². The number of hydrogen-bond acceptors (Lipinski definition) is 5. The molecule has 7 nitrogen and oxygen atoms in total. The van der Waals surface area contributed by atoms with E-state index < -0.39 is 38.7 Å². The second-order valence-electron chi connectivity index (χ2n) is 5.55. The van der Waals surface area contributed by atoms with Crippen LogP contribution in [0.4, 0.5) is 4.39 Å². The zero-order valence-corrected chi connectivity index (χ0v) is 12.0. The lowest BCUT2D eigenvalue weighted by Gasteiger charge is -2.19. The largest absolute Gasteiger partial charge is 0.364 e. The maximum atomic E-state index is 13.6. The van der Waals surface area contributed by atoms with Crippen LogP contribution < -0.4 is 4.72 Å². The fourth-order valence-corrected chi connectivity index (χ4v) is 2.83. The van der Waals surface area contributed by atoms with E-state index in [1.165, 1.54) is 0 Å². The van der Waals surface area contributed by atoms with Gasteiger partial charge in [-0.25, -0.2) is 17.5 Å². The van der Waals surface area contributed by atoms with Crippen molar-refractivity contribution in [3.8, 4) is 0 Å². The zero-order valence-electron chi connectivity index (χ0n) is 11.2. The Bertz CT molecular complexity index is 554. The van der Waals surface area contributed by atoms with E-state index >= 15 is 0 Å². The van der Waals surface area contributed by atoms with Crippen LogP contribution in [0.2, 0.25) is 0 Å². The third-order valence-electron chi connectivity index (χ3n) is 1.84. The lowest BCUT2D eigenvalue weighted by Crippen LogP contribution is -2.41. The van der Waals surface area contributed by atoms with Gasteiger partial charge in [-0.3, -0.25) is 4.68 Å². The minimum atomic E-state index is -4.10. The van der Waals surface area contributed by atoms with Crippen molar-refractivity contribution >= 4 is 10.0 Å². The molecule has 0 unspecified atom stereocenters. The molecule has 3 N–H and O–H groups in total. The summed E-state index contributed by atoms with van der Waals surface area (Å²) in [6.45, 7) is 5.46. The van der Waals surface area contributed by atoms with Crippen molar-refractivity contribution in [1.29, 1.82) is 0 Å². The Balaban J connectivity index is 3.09. The van der Waals surface area contributed by atoms with Gasteiger partial charge in [0.25, 0.3) is 10.0 Å². The van der Waals surface area contributed by atoms with Crippen molar-refractivity contribution in [2.45, 2.75) is 50.6 Å². The third-order valence-corrected chi connectivity index (χ3v) is 3.51. The van der Waals surface area contributed by atoms with Crippen LogP contribution in [0.15, 0.2) is 11.2 Å². The molecular weight excluding hydrogens is 277 g/mol. The summed E-state index contributed by atoms with van der Waals surface area (Å²) in [6, 6.07) is 0. The predicted octanol–water partition coefficient (Wildman–Crippen LogP) is -0.200. The van der Waals surface area contributed by atoms with Crippen LogP contribution in [-0.4, -0.2) is 39.7 Å². The second-order valence-corrected chi connectivity index (χ2v) is 7.15. The summed E-state index contributed by atoms with van der Waals surface area (Å²) in [5, 5.41) is 21.1. The summed E-state index contributed by atoms with van der Waals surface area (Å²) in [5.74, 6) is -3.17. The van der Waals surface area contributed by atoms with Gasteiger partial charge >= 0.3 is 0 Å². The molecular formula is C10H18FN3O4S. The van der Waals surface area contributed by atoms with Crippen LogP contribution in [0.1, 0.15) is 27.7 Å². The molecule has 0 spiro atoms. The Labute approximate surface area is 111 Å². The molecule has 0 amide bonds. The van der Waals surface area contributed by atoms with E-state index in [1.807, 2.05) is 0 Å². The first-order chi connectivity index (χ1) is 8.30. The molecule has 0 aliphatic heterocycles. The predicted molar refractivity (Wildman–Crippen MR) is 65.1 cm³/mol. The molecule has 0 atom stereocenters. The van der Waals surface area contributed by atoms with Crippen LogP contribution in [0.5, 0.6) is 0 Å². The molecule has 0 aliphatic carbocycles. The zero-order chi connectivity index (χ0) is 15.1. The molecule has 0 aliphatic rings. The molecule has 0 fully saturated rings. The third kappa shape index (κ3) is 4.86. The summed E-state index contributed by atoms with van der Waals surface area (Å²) < 4.78 is 40.5. The Morgan fingerprint density at radius 2 is 1.89 bits per heavy atom. The number of aromatic nitrogens is 2. The summed E-state index contributed by atoms with van der Waals surface area (Å²) in [4.78, 5) is 0. The highest BCUT2D eigenvalue weighted by Crippen LogP contribution is 2.15. The summed E-state index contributed by atoms with van der Waals surface area (Å²) >= 11 is 0. The average Bonchev–Trinajstić information content (AvgIpc) is 2.38. The van der Waals surface area contributed by atoms with E-state index in [9.17, 15) is 12.8 Å². The second kappa shape index (κ2) is 4.82. The molecule has 9 heteroatoms. The Hall–Kier alpha value is -1.03. The van der Waals surface area contributed by atoms with E-state index in [2.05, 4.69) is 9.82 Å². The van der Waals surface area contributed by atoms with Crippen molar-refractivity contribution < 1.29 is 23.0 Å². The van der Waals surface area contributed by atoms with Gasteiger partial charge in [0, 0.05) is 5.54 Å². The molecule has 110 valence electrons. The molecule has 1 aromatic rings. The maximum absolute atomic E-state index is 13.6. The van der Waals surface area contributed by atoms with Gasteiger partial charge in [-0.1, -0.05) is 0 Å². The molecule has 0 saturated heterocycles. The van der Waals surface area contributed by atoms with Gasteiger partial charge < -0.3 is 10.2 Å². The van der Waals surface area contributed by atoms with Gasteiger partial charge in [0.05, 0.1) is 12.7 Å². The first-order valence-electron chi connectivity index (χ1n) is 5.52. The van der Waals surface area contributed by atoms with Crippen molar-refractivity contribution in [3.63, 3.8) is 0 Å². The maximum Gasteiger partial charge on any atom is 0.263 e. The number of nitrogens with one attached hydrogen (secondary N) is 1. The standard InChI is InChI=1S/C10H18FN3O4S/c1-9(2,3)13-19(17,18)8-7(11)5-14(12-8)6-10(4,15)16/h5,13,15-16H,6H2,1-4H3. The quantitative estimate of drug-likeness (QED) is 0.667. The minimum absolute atomic E-state index is 0.449. The first kappa shape index (κ1) is 16.0. The van der Waals surface area contributed by atoms with Gasteiger partial charge in [0.15, 0.2) is 11.6 Å². The number of nitrogens with zero attached hydrogens (tertiary/aromatic N) is 2. The molecule has 0 aromatic carbocycles. The molecule has 0 bridgehead atoms. The Kier molecular flexibility index (Phi) is 4.06. The van der Waals surface area contributed by atoms with Gasteiger partial charge in [0.2, 0.25) is 5.03 Å². The average molecular weight is 295 g/mol. The number of aliphatic hydroxyl groups is 2. The molecule has 19 heavy (non-hydrogen) atoms. The normalized spacial score (nSPS) is 13.8. The molecule has 0 radical (unpaired) electrons. The molecule has 1 rings (SSSR count). The summed E-state index contributed by atoms with van der Waals surface area (Å²) in [7, 11) is -4.10. The Morgan fingerprint density at radius 3 is 2.32 bits per heavy atom. The van der Waals surface area contributed by atoms with Gasteiger partial charge in [-0.2, -0.15) is 5.10 Å². The van der Waals surface area contributed by atoms with Crippen LogP contribution in [0.3, 0.4) is 0 Å². The Morgan fingerprint density at radius 1 is 1.37 bits per heavy atom. The van der Waals surface area contributed by atoms with E-state index in [4.69, 9.17) is 10.2 Å². The summed E-state index contributed by atoms with van der Waals surface area (Å²) in [6.07, 6.45) is 0.794. The molecule has 1 aromatic heterocycles. The fourth-order valence-electron chi connectivity index (χ4n) is 1.40. The highest BCUT2D eigenvalue weighted by atomic mass is 32.2. The van der Waals surface area contributed by atoms with E-state index in [0.717, 1.165) is 17.8 Å². The van der Waals surface area contributed by atoms with Crippen molar-refractivity contribution in [1.82, 2.24) is 14.5 Å². The first-order valence-corrected chi connectivity index (χ1v) is 7.00. The number of hydrogen-bond donors (Lipinski definition) is 3. The van der Waals surface area contributed by atoms with Crippen LogP contribution in [0, 0.1) is 5.82 Å². The topological polar surface area (TPSA) is 104 Å². The van der Waals surface area contributed by atoms with Crippen molar-refractivity contribution in [3.05, 3.63) is 12.0 Å². The number of rotatable bonds is 4. The SMILES string of the molecule is CC(O)(O)Cn1cc(F)c(S(=O)(=O)NC(C)(C)C)n1. The highest BCUT2D eigenvalue weighted by molar-refractivity contribution is 7.89. The van der Waals surface area contributed by atoms with Crippen molar-refractivity contribution in [2.75, 3.05) is 0 Å². The van der Waals surface area contributed by atoms with Crippen LogP contribution in [-0.2, 0) is 16.6 Å². The monoisotopic (exact) mass is 295 g/mol. The molecule has 1 heterocycles. The lowest BCUT2D eigenvalue weighted by atomic mass is 10.1. The van der Waals surface area contributed by atoms with Crippen molar-refractivity contribution in [2.24, 2.45) is 0 Å². The number of halogens is 1. The minimum Gasteiger partial charge on any atom is -0.364 e. The lowest BCUT2D eigenvalue weighted by molar-refractivity contribution is -0.156. The van der Waals surface area contributed by atoms with E-state index in [-0.39, 0.29) is 0 Å².